The average Bonchev–Trinajstić information content (AvgIpc) is 2.41. The first-order valence-corrected chi connectivity index (χ1v) is 7.80. The van der Waals surface area contributed by atoms with Crippen molar-refractivity contribution < 1.29 is 9.53 Å². The first kappa shape index (κ1) is 20.2. The zero-order chi connectivity index (χ0) is 17.3. The van der Waals surface area contributed by atoms with Crippen LogP contribution in [0.5, 0.6) is 0 Å². The Labute approximate surface area is 135 Å². The Morgan fingerprint density at radius 2 is 1.86 bits per heavy atom. The molecule has 0 saturated heterocycles. The molecule has 22 heavy (non-hydrogen) atoms. The van der Waals surface area contributed by atoms with Crippen molar-refractivity contribution in [3.05, 3.63) is 24.6 Å². The molecule has 0 spiro atoms. The molecule has 0 fully saturated rings. The monoisotopic (exact) mass is 309 g/mol. The van der Waals surface area contributed by atoms with E-state index in [-0.39, 0.29) is 0 Å². The third-order valence-electron chi connectivity index (χ3n) is 2.80. The second-order valence-corrected chi connectivity index (χ2v) is 5.94. The van der Waals surface area contributed by atoms with Gasteiger partial charge in [-0.25, -0.2) is 9.69 Å². The highest BCUT2D eigenvalue weighted by Crippen LogP contribution is 2.16. The van der Waals surface area contributed by atoms with Gasteiger partial charge >= 0.3 is 6.09 Å². The Balaban J connectivity index is 5.42. The van der Waals surface area contributed by atoms with E-state index in [1.165, 1.54) is 4.90 Å². The lowest BCUT2D eigenvalue weighted by Gasteiger charge is -2.28. The summed E-state index contributed by atoms with van der Waals surface area (Å²) in [6, 6.07) is 0. The van der Waals surface area contributed by atoms with E-state index in [2.05, 4.69) is 18.5 Å². The molecule has 0 rings (SSSR count). The fourth-order valence-corrected chi connectivity index (χ4v) is 1.61. The van der Waals surface area contributed by atoms with Crippen LogP contribution in [-0.4, -0.2) is 47.5 Å². The van der Waals surface area contributed by atoms with Gasteiger partial charge in [-0.3, -0.25) is 4.99 Å². The summed E-state index contributed by atoms with van der Waals surface area (Å²) in [6.45, 7) is 16.9. The summed E-state index contributed by atoms with van der Waals surface area (Å²) < 4.78 is 5.48. The molecular weight excluding hydrogens is 278 g/mol. The van der Waals surface area contributed by atoms with Crippen LogP contribution in [0, 0.1) is 0 Å². The second-order valence-electron chi connectivity index (χ2n) is 5.94. The van der Waals surface area contributed by atoms with Gasteiger partial charge in [-0.2, -0.15) is 0 Å². The maximum Gasteiger partial charge on any atom is 0.420 e. The van der Waals surface area contributed by atoms with Crippen LogP contribution in [0.25, 0.3) is 0 Å². The minimum atomic E-state index is -0.565. The molecule has 1 amide bonds. The number of ether oxygens (including phenoxy) is 1. The SMILES string of the molecule is C=C(/C=C\N(C)CC)N(C(=O)OC(C)(C)C)C(CC)=NCC. The molecule has 0 atom stereocenters. The molecule has 0 aromatic heterocycles. The van der Waals surface area contributed by atoms with Gasteiger partial charge in [-0.05, 0) is 40.7 Å². The lowest BCUT2D eigenvalue weighted by Crippen LogP contribution is -2.39. The predicted octanol–water partition coefficient (Wildman–Crippen LogP) is 4.03. The van der Waals surface area contributed by atoms with Gasteiger partial charge in [0.15, 0.2) is 0 Å². The Kier molecular flexibility index (Phi) is 8.53. The molecule has 126 valence electrons. The van der Waals surface area contributed by atoms with Crippen LogP contribution in [0.1, 0.15) is 48.0 Å². The molecule has 0 aliphatic rings. The van der Waals surface area contributed by atoms with E-state index in [1.54, 1.807) is 6.08 Å². The van der Waals surface area contributed by atoms with Crippen molar-refractivity contribution in [1.82, 2.24) is 9.80 Å². The van der Waals surface area contributed by atoms with Gasteiger partial charge in [0.1, 0.15) is 11.4 Å². The fraction of sp³-hybridized carbons (Fsp3) is 0.647. The van der Waals surface area contributed by atoms with Crippen LogP contribution in [-0.2, 0) is 4.74 Å². The average molecular weight is 309 g/mol. The van der Waals surface area contributed by atoms with Crippen molar-refractivity contribution in [2.75, 3.05) is 20.1 Å². The lowest BCUT2D eigenvalue weighted by atomic mass is 10.2. The quantitative estimate of drug-likeness (QED) is 0.423. The molecule has 0 unspecified atom stereocenters. The number of allylic oxidation sites excluding steroid dienone is 1. The first-order chi connectivity index (χ1) is 10.2. The van der Waals surface area contributed by atoms with Gasteiger partial charge in [-0.15, -0.1) is 0 Å². The first-order valence-electron chi connectivity index (χ1n) is 7.80. The largest absolute Gasteiger partial charge is 0.443 e. The van der Waals surface area contributed by atoms with Crippen LogP contribution in [0.2, 0.25) is 0 Å². The van der Waals surface area contributed by atoms with Crippen molar-refractivity contribution >= 4 is 11.9 Å². The van der Waals surface area contributed by atoms with Gasteiger partial charge < -0.3 is 9.64 Å². The Morgan fingerprint density at radius 3 is 2.27 bits per heavy atom. The topological polar surface area (TPSA) is 45.1 Å². The summed E-state index contributed by atoms with van der Waals surface area (Å²) in [5, 5.41) is 0. The third kappa shape index (κ3) is 7.29. The molecule has 0 aromatic rings. The van der Waals surface area contributed by atoms with Crippen LogP contribution in [0.15, 0.2) is 29.5 Å². The molecule has 0 aromatic carbocycles. The highest BCUT2D eigenvalue weighted by Gasteiger charge is 2.26. The summed E-state index contributed by atoms with van der Waals surface area (Å²) in [5.41, 5.74) is -0.0199. The number of hydrogen-bond donors (Lipinski definition) is 0. The number of carbonyl (C=O) groups excluding carboxylic acids is 1. The smallest absolute Gasteiger partial charge is 0.420 e. The summed E-state index contributed by atoms with van der Waals surface area (Å²) in [7, 11) is 1.96. The number of aliphatic imine (C=N–C) groups is 1. The van der Waals surface area contributed by atoms with Crippen LogP contribution in [0.3, 0.4) is 0 Å². The van der Waals surface area contributed by atoms with Gasteiger partial charge in [0.2, 0.25) is 0 Å². The minimum Gasteiger partial charge on any atom is -0.443 e. The number of amides is 1. The van der Waals surface area contributed by atoms with E-state index in [9.17, 15) is 4.79 Å². The Hall–Kier alpha value is -1.78. The molecule has 0 N–H and O–H groups in total. The molecule has 0 radical (unpaired) electrons. The molecule has 0 aliphatic carbocycles. The molecule has 5 heteroatoms. The number of nitrogens with zero attached hydrogens (tertiary/aromatic N) is 3. The Morgan fingerprint density at radius 1 is 1.27 bits per heavy atom. The number of amidine groups is 1. The minimum absolute atomic E-state index is 0.449. The van der Waals surface area contributed by atoms with Crippen LogP contribution < -0.4 is 0 Å². The maximum absolute atomic E-state index is 12.5. The molecule has 5 nitrogen and oxygen atoms in total. The molecule has 0 saturated carbocycles. The van der Waals surface area contributed by atoms with Crippen molar-refractivity contribution in [3.8, 4) is 0 Å². The zero-order valence-corrected chi connectivity index (χ0v) is 15.1. The van der Waals surface area contributed by atoms with Crippen molar-refractivity contribution in [2.45, 2.75) is 53.6 Å². The zero-order valence-electron chi connectivity index (χ0n) is 15.1. The standard InChI is InChI=1S/C17H31N3O2/c1-9-15(18-10-2)20(16(21)22-17(5,6)7)14(4)12-13-19(8)11-3/h12-13H,4,9-11H2,1-3,5-8H3/b13-12-,18-15?. The van der Waals surface area contributed by atoms with Crippen LogP contribution in [0.4, 0.5) is 4.79 Å². The van der Waals surface area contributed by atoms with Crippen molar-refractivity contribution in [1.29, 1.82) is 0 Å². The normalized spacial score (nSPS) is 12.4. The highest BCUT2D eigenvalue weighted by atomic mass is 16.6. The van der Waals surface area contributed by atoms with Gasteiger partial charge in [0.25, 0.3) is 0 Å². The number of rotatable bonds is 6. The highest BCUT2D eigenvalue weighted by molar-refractivity contribution is 5.97. The summed E-state index contributed by atoms with van der Waals surface area (Å²) in [5.74, 6) is 0.658. The van der Waals surface area contributed by atoms with E-state index in [0.717, 1.165) is 6.54 Å². The van der Waals surface area contributed by atoms with E-state index < -0.39 is 11.7 Å². The fourth-order valence-electron chi connectivity index (χ4n) is 1.61. The van der Waals surface area contributed by atoms with E-state index in [1.807, 2.05) is 52.8 Å². The Bertz CT molecular complexity index is 434. The third-order valence-corrected chi connectivity index (χ3v) is 2.80. The van der Waals surface area contributed by atoms with E-state index in [0.29, 0.717) is 24.5 Å². The molecule has 0 aliphatic heterocycles. The maximum atomic E-state index is 12.5. The lowest BCUT2D eigenvalue weighted by molar-refractivity contribution is 0.0414. The van der Waals surface area contributed by atoms with E-state index in [4.69, 9.17) is 4.74 Å². The summed E-state index contributed by atoms with van der Waals surface area (Å²) in [4.78, 5) is 20.4. The number of carbonyl (C=O) groups is 1. The van der Waals surface area contributed by atoms with Gasteiger partial charge in [0, 0.05) is 38.5 Å². The predicted molar refractivity (Wildman–Crippen MR) is 92.9 cm³/mol. The van der Waals surface area contributed by atoms with Gasteiger partial charge in [0.05, 0.1) is 0 Å². The van der Waals surface area contributed by atoms with Crippen molar-refractivity contribution in [3.63, 3.8) is 0 Å². The van der Waals surface area contributed by atoms with E-state index >= 15 is 0 Å². The number of hydrogen-bond acceptors (Lipinski definition) is 4. The molecular formula is C17H31N3O2. The summed E-state index contributed by atoms with van der Waals surface area (Å²) in [6.07, 6.45) is 3.87. The second kappa shape index (κ2) is 9.28. The summed E-state index contributed by atoms with van der Waals surface area (Å²) >= 11 is 0. The van der Waals surface area contributed by atoms with Crippen molar-refractivity contribution in [2.24, 2.45) is 4.99 Å². The molecule has 0 bridgehead atoms. The molecule has 0 heterocycles. The van der Waals surface area contributed by atoms with Gasteiger partial charge in [-0.1, -0.05) is 13.5 Å². The van der Waals surface area contributed by atoms with Crippen LogP contribution >= 0.6 is 0 Å².